The van der Waals surface area contributed by atoms with Gasteiger partial charge in [-0.1, -0.05) is 6.07 Å². The molecule has 1 amide bonds. The number of carbonyl (C=O) groups is 1. The zero-order valence-electron chi connectivity index (χ0n) is 18.6. The van der Waals surface area contributed by atoms with Crippen LogP contribution in [0.1, 0.15) is 46.9 Å². The molecule has 4 N–H and O–H groups in total. The van der Waals surface area contributed by atoms with E-state index in [4.69, 9.17) is 4.42 Å². The number of aliphatic hydroxyl groups is 1. The maximum atomic E-state index is 13.6. The average molecular weight is 546 g/mol. The molecule has 1 aromatic carbocycles. The standard InChI is InChI=1S/C22H31FN4O3.HI/c1-6-24-21(27-13-22(5,29)18-11-15(3)30-16(18)4)26-10-9-25-20(28)17-8-7-14(2)19(23)12-17;/h7-8,11-12,29H,6,9-10,13H2,1-5H3,(H,25,28)(H2,24,26,27);1H. The van der Waals surface area contributed by atoms with Crippen molar-refractivity contribution in [3.8, 4) is 0 Å². The summed E-state index contributed by atoms with van der Waals surface area (Å²) in [5.74, 6) is 1.18. The van der Waals surface area contributed by atoms with E-state index >= 15 is 0 Å². The first kappa shape index (κ1) is 26.9. The van der Waals surface area contributed by atoms with E-state index in [-0.39, 0.29) is 42.0 Å². The summed E-state index contributed by atoms with van der Waals surface area (Å²) in [5.41, 5.74) is 0.308. The van der Waals surface area contributed by atoms with Gasteiger partial charge in [0.1, 0.15) is 22.9 Å². The molecule has 0 aliphatic heterocycles. The van der Waals surface area contributed by atoms with E-state index in [1.54, 1.807) is 26.0 Å². The van der Waals surface area contributed by atoms with Crippen LogP contribution in [0.4, 0.5) is 4.39 Å². The summed E-state index contributed by atoms with van der Waals surface area (Å²) in [4.78, 5) is 16.6. The van der Waals surface area contributed by atoms with E-state index in [1.807, 2.05) is 26.8 Å². The Morgan fingerprint density at radius 1 is 1.16 bits per heavy atom. The van der Waals surface area contributed by atoms with Crippen LogP contribution in [-0.4, -0.2) is 43.2 Å². The molecule has 172 valence electrons. The van der Waals surface area contributed by atoms with Crippen LogP contribution in [0.25, 0.3) is 0 Å². The van der Waals surface area contributed by atoms with Crippen molar-refractivity contribution in [3.63, 3.8) is 0 Å². The summed E-state index contributed by atoms with van der Waals surface area (Å²) < 4.78 is 19.1. The molecule has 0 fully saturated rings. The molecule has 0 saturated carbocycles. The summed E-state index contributed by atoms with van der Waals surface area (Å²) in [5, 5.41) is 19.7. The Kier molecular flexibility index (Phi) is 10.4. The van der Waals surface area contributed by atoms with Crippen LogP contribution in [0, 0.1) is 26.6 Å². The highest BCUT2D eigenvalue weighted by molar-refractivity contribution is 14.0. The maximum Gasteiger partial charge on any atom is 0.251 e. The molecule has 1 heterocycles. The minimum Gasteiger partial charge on any atom is -0.466 e. The Hall–Kier alpha value is -2.14. The normalized spacial score (nSPS) is 13.2. The van der Waals surface area contributed by atoms with Gasteiger partial charge in [-0.15, -0.1) is 24.0 Å². The van der Waals surface area contributed by atoms with Gasteiger partial charge >= 0.3 is 0 Å². The molecule has 9 heteroatoms. The number of rotatable bonds is 8. The number of amides is 1. The Labute approximate surface area is 199 Å². The van der Waals surface area contributed by atoms with Crippen LogP contribution < -0.4 is 16.0 Å². The zero-order valence-corrected chi connectivity index (χ0v) is 21.0. The molecule has 2 aromatic rings. The number of hydrogen-bond donors (Lipinski definition) is 4. The van der Waals surface area contributed by atoms with E-state index < -0.39 is 11.4 Å². The second kappa shape index (κ2) is 12.0. The number of guanidine groups is 1. The van der Waals surface area contributed by atoms with E-state index in [1.165, 1.54) is 6.07 Å². The summed E-state index contributed by atoms with van der Waals surface area (Å²) in [6.07, 6.45) is 0. The van der Waals surface area contributed by atoms with E-state index in [0.717, 1.165) is 5.76 Å². The SMILES string of the molecule is CCNC(=NCC(C)(O)c1cc(C)oc1C)NCCNC(=O)c1ccc(C)c(F)c1.I. The quantitative estimate of drug-likeness (QED) is 0.177. The van der Waals surface area contributed by atoms with Crippen LogP contribution in [-0.2, 0) is 5.60 Å². The molecule has 0 spiro atoms. The largest absolute Gasteiger partial charge is 0.466 e. The summed E-state index contributed by atoms with van der Waals surface area (Å²) in [6.45, 7) is 10.4. The lowest BCUT2D eigenvalue weighted by molar-refractivity contribution is 0.0657. The molecular formula is C22H32FIN4O3. The number of nitrogens with one attached hydrogen (secondary N) is 3. The van der Waals surface area contributed by atoms with Gasteiger partial charge in [-0.05, 0) is 58.4 Å². The number of furan rings is 1. The second-order valence-corrected chi connectivity index (χ2v) is 7.44. The van der Waals surface area contributed by atoms with Gasteiger partial charge in [-0.2, -0.15) is 0 Å². The molecule has 0 bridgehead atoms. The van der Waals surface area contributed by atoms with Gasteiger partial charge in [-0.25, -0.2) is 9.38 Å². The lowest BCUT2D eigenvalue weighted by atomic mass is 9.96. The Morgan fingerprint density at radius 3 is 2.42 bits per heavy atom. The molecule has 2 rings (SSSR count). The third kappa shape index (κ3) is 7.80. The molecule has 0 aliphatic carbocycles. The number of carbonyl (C=O) groups excluding carboxylic acids is 1. The lowest BCUT2D eigenvalue weighted by Gasteiger charge is -2.21. The van der Waals surface area contributed by atoms with Crippen molar-refractivity contribution in [2.24, 2.45) is 4.99 Å². The number of benzene rings is 1. The predicted molar refractivity (Wildman–Crippen MR) is 131 cm³/mol. The fraction of sp³-hybridized carbons (Fsp3) is 0.455. The Balaban J connectivity index is 0.00000480. The smallest absolute Gasteiger partial charge is 0.251 e. The molecule has 31 heavy (non-hydrogen) atoms. The minimum atomic E-state index is -1.17. The van der Waals surface area contributed by atoms with Crippen LogP contribution in [0.15, 0.2) is 33.7 Å². The highest BCUT2D eigenvalue weighted by Crippen LogP contribution is 2.27. The van der Waals surface area contributed by atoms with Crippen molar-refractivity contribution in [2.75, 3.05) is 26.2 Å². The molecule has 0 radical (unpaired) electrons. The zero-order chi connectivity index (χ0) is 22.3. The first-order valence-electron chi connectivity index (χ1n) is 10.0. The highest BCUT2D eigenvalue weighted by atomic mass is 127. The van der Waals surface area contributed by atoms with Crippen LogP contribution >= 0.6 is 24.0 Å². The third-order valence-corrected chi connectivity index (χ3v) is 4.65. The topological polar surface area (TPSA) is 98.9 Å². The second-order valence-electron chi connectivity index (χ2n) is 7.44. The van der Waals surface area contributed by atoms with Crippen LogP contribution in [0.3, 0.4) is 0 Å². The molecular weight excluding hydrogens is 514 g/mol. The molecule has 1 atom stereocenters. The van der Waals surface area contributed by atoms with Crippen molar-refractivity contribution >= 4 is 35.8 Å². The van der Waals surface area contributed by atoms with Gasteiger partial charge in [0.15, 0.2) is 5.96 Å². The third-order valence-electron chi connectivity index (χ3n) is 4.65. The molecule has 7 nitrogen and oxygen atoms in total. The van der Waals surface area contributed by atoms with Crippen molar-refractivity contribution in [3.05, 3.63) is 58.3 Å². The van der Waals surface area contributed by atoms with Gasteiger partial charge in [0.2, 0.25) is 0 Å². The van der Waals surface area contributed by atoms with Crippen molar-refractivity contribution in [2.45, 2.75) is 40.2 Å². The van der Waals surface area contributed by atoms with Crippen LogP contribution in [0.5, 0.6) is 0 Å². The van der Waals surface area contributed by atoms with Crippen LogP contribution in [0.2, 0.25) is 0 Å². The number of nitrogens with zero attached hydrogens (tertiary/aromatic N) is 1. The highest BCUT2D eigenvalue weighted by Gasteiger charge is 2.27. The Morgan fingerprint density at radius 2 is 1.84 bits per heavy atom. The van der Waals surface area contributed by atoms with Gasteiger partial charge < -0.3 is 25.5 Å². The van der Waals surface area contributed by atoms with Gasteiger partial charge in [0.25, 0.3) is 5.91 Å². The molecule has 0 aliphatic rings. The maximum absolute atomic E-state index is 13.6. The van der Waals surface area contributed by atoms with E-state index in [2.05, 4.69) is 20.9 Å². The number of aryl methyl sites for hydroxylation is 3. The molecule has 0 saturated heterocycles. The molecule has 1 aromatic heterocycles. The number of halogens is 2. The first-order chi connectivity index (χ1) is 14.1. The number of hydrogen-bond acceptors (Lipinski definition) is 4. The van der Waals surface area contributed by atoms with Crippen molar-refractivity contribution in [1.82, 2.24) is 16.0 Å². The van der Waals surface area contributed by atoms with Gasteiger partial charge in [-0.3, -0.25) is 4.79 Å². The van der Waals surface area contributed by atoms with Gasteiger partial charge in [0, 0.05) is 30.8 Å². The van der Waals surface area contributed by atoms with Crippen molar-refractivity contribution < 1.29 is 18.7 Å². The van der Waals surface area contributed by atoms with E-state index in [9.17, 15) is 14.3 Å². The summed E-state index contributed by atoms with van der Waals surface area (Å²) in [7, 11) is 0. The van der Waals surface area contributed by atoms with E-state index in [0.29, 0.717) is 42.5 Å². The molecule has 1 unspecified atom stereocenters. The minimum absolute atomic E-state index is 0. The average Bonchev–Trinajstić information content (AvgIpc) is 3.04. The summed E-state index contributed by atoms with van der Waals surface area (Å²) in [6, 6.07) is 6.21. The first-order valence-corrected chi connectivity index (χ1v) is 10.0. The van der Waals surface area contributed by atoms with Gasteiger partial charge in [0.05, 0.1) is 6.54 Å². The fourth-order valence-electron chi connectivity index (χ4n) is 3.02. The Bertz CT molecular complexity index is 912. The van der Waals surface area contributed by atoms with Crippen molar-refractivity contribution in [1.29, 1.82) is 0 Å². The monoisotopic (exact) mass is 546 g/mol. The predicted octanol–water partition coefficient (Wildman–Crippen LogP) is 3.15. The number of aliphatic imine (C=N–C) groups is 1. The lowest BCUT2D eigenvalue weighted by Crippen LogP contribution is -2.42. The fourth-order valence-corrected chi connectivity index (χ4v) is 3.02. The summed E-state index contributed by atoms with van der Waals surface area (Å²) >= 11 is 0.